The lowest BCUT2D eigenvalue weighted by molar-refractivity contribution is -0.140. The molecule has 3 aliphatic rings. The summed E-state index contributed by atoms with van der Waals surface area (Å²) in [5.41, 5.74) is 2.80. The number of amides is 2. The van der Waals surface area contributed by atoms with Crippen LogP contribution in [-0.2, 0) is 22.6 Å². The number of aromatic nitrogens is 1. The molecule has 2 aromatic rings. The number of methoxy groups -OCH3 is 1. The zero-order chi connectivity index (χ0) is 22.3. The molecular formula is C25H30N4O3. The molecule has 2 aliphatic carbocycles. The van der Waals surface area contributed by atoms with Crippen molar-refractivity contribution in [3.05, 3.63) is 29.5 Å². The molecule has 7 nitrogen and oxygen atoms in total. The van der Waals surface area contributed by atoms with E-state index in [4.69, 9.17) is 4.74 Å². The zero-order valence-corrected chi connectivity index (χ0v) is 18.6. The number of H-pyrrole nitrogens is 1. The van der Waals surface area contributed by atoms with E-state index in [1.54, 1.807) is 7.11 Å². The van der Waals surface area contributed by atoms with E-state index in [9.17, 15) is 14.9 Å². The average molecular weight is 435 g/mol. The number of aromatic amines is 1. The van der Waals surface area contributed by atoms with Gasteiger partial charge in [-0.25, -0.2) is 0 Å². The highest BCUT2D eigenvalue weighted by molar-refractivity contribution is 5.88. The van der Waals surface area contributed by atoms with Gasteiger partial charge in [0, 0.05) is 54.0 Å². The topological polar surface area (TPSA) is 98.2 Å². The van der Waals surface area contributed by atoms with Crippen LogP contribution in [0.1, 0.15) is 56.2 Å². The van der Waals surface area contributed by atoms with Crippen LogP contribution in [0.15, 0.2) is 18.2 Å². The predicted molar refractivity (Wildman–Crippen MR) is 120 cm³/mol. The first-order valence-electron chi connectivity index (χ1n) is 11.7. The molecule has 32 heavy (non-hydrogen) atoms. The summed E-state index contributed by atoms with van der Waals surface area (Å²) in [6.07, 6.45) is 6.42. The van der Waals surface area contributed by atoms with E-state index in [-0.39, 0.29) is 23.7 Å². The molecule has 1 aromatic heterocycles. The van der Waals surface area contributed by atoms with E-state index in [0.29, 0.717) is 19.5 Å². The van der Waals surface area contributed by atoms with Crippen molar-refractivity contribution < 1.29 is 14.3 Å². The molecule has 0 saturated heterocycles. The molecule has 1 aromatic carbocycles. The number of nitrogens with zero attached hydrogens (tertiary/aromatic N) is 2. The Kier molecular flexibility index (Phi) is 5.32. The van der Waals surface area contributed by atoms with Crippen LogP contribution in [0.3, 0.4) is 0 Å². The number of hydrogen-bond donors (Lipinski definition) is 2. The summed E-state index contributed by atoms with van der Waals surface area (Å²) in [5, 5.41) is 13.3. The van der Waals surface area contributed by atoms with E-state index in [1.807, 2.05) is 23.1 Å². The second kappa shape index (κ2) is 8.16. The number of ether oxygens (including phenoxy) is 1. The second-order valence-corrected chi connectivity index (χ2v) is 9.60. The molecule has 168 valence electrons. The number of hydrogen-bond acceptors (Lipinski definition) is 4. The van der Waals surface area contributed by atoms with Crippen LogP contribution in [0.2, 0.25) is 0 Å². The SMILES string of the molecule is COc1ccc2[nH]c3c(c2c1)CN(C(=O)[C@@H]1CCCC[C@@H]1CC(=O)NC1(C#N)CC1)CC3. The Morgan fingerprint density at radius 1 is 1.31 bits per heavy atom. The van der Waals surface area contributed by atoms with Crippen LogP contribution < -0.4 is 10.1 Å². The second-order valence-electron chi connectivity index (χ2n) is 9.60. The first kappa shape index (κ1) is 20.9. The Morgan fingerprint density at radius 3 is 2.88 bits per heavy atom. The van der Waals surface area contributed by atoms with Crippen LogP contribution in [0, 0.1) is 23.2 Å². The molecule has 2 atom stereocenters. The highest BCUT2D eigenvalue weighted by atomic mass is 16.5. The van der Waals surface area contributed by atoms with Crippen molar-refractivity contribution in [3.8, 4) is 11.8 Å². The van der Waals surface area contributed by atoms with Crippen molar-refractivity contribution in [2.24, 2.45) is 11.8 Å². The fraction of sp³-hybridized carbons (Fsp3) is 0.560. The minimum atomic E-state index is -0.648. The molecule has 0 spiro atoms. The maximum absolute atomic E-state index is 13.6. The van der Waals surface area contributed by atoms with Crippen molar-refractivity contribution >= 4 is 22.7 Å². The standard InChI is InChI=1S/C25H30N4O3/c1-32-17-6-7-21-19(13-17)20-14-29(11-8-22(20)27-21)24(31)18-5-3-2-4-16(18)12-23(30)28-25(15-26)9-10-25/h6-7,13,16,18,27H,2-5,8-12,14H2,1H3,(H,28,30)/t16-,18-/m1/s1. The highest BCUT2D eigenvalue weighted by Gasteiger charge is 2.45. The number of carbonyl (C=O) groups excluding carboxylic acids is 2. The molecule has 2 heterocycles. The fourth-order valence-corrected chi connectivity index (χ4v) is 5.47. The highest BCUT2D eigenvalue weighted by Crippen LogP contribution is 2.38. The number of benzene rings is 1. The summed E-state index contributed by atoms with van der Waals surface area (Å²) >= 11 is 0. The van der Waals surface area contributed by atoms with Gasteiger partial charge in [0.2, 0.25) is 11.8 Å². The number of nitrogens with one attached hydrogen (secondary N) is 2. The lowest BCUT2D eigenvalue weighted by Gasteiger charge is -2.36. The Morgan fingerprint density at radius 2 is 2.12 bits per heavy atom. The predicted octanol–water partition coefficient (Wildman–Crippen LogP) is 3.43. The van der Waals surface area contributed by atoms with Crippen LogP contribution >= 0.6 is 0 Å². The molecule has 2 fully saturated rings. The van der Waals surface area contributed by atoms with E-state index in [2.05, 4.69) is 16.4 Å². The molecule has 7 heteroatoms. The molecule has 0 bridgehead atoms. The van der Waals surface area contributed by atoms with Gasteiger partial charge in [0.05, 0.1) is 13.2 Å². The summed E-state index contributed by atoms with van der Waals surface area (Å²) in [6.45, 7) is 1.29. The van der Waals surface area contributed by atoms with Gasteiger partial charge in [-0.15, -0.1) is 0 Å². The summed E-state index contributed by atoms with van der Waals surface area (Å²) in [5.74, 6) is 0.834. The quantitative estimate of drug-likeness (QED) is 0.753. The molecule has 0 radical (unpaired) electrons. The van der Waals surface area contributed by atoms with Crippen molar-refractivity contribution in [3.63, 3.8) is 0 Å². The van der Waals surface area contributed by atoms with Crippen LogP contribution in [-0.4, -0.2) is 40.9 Å². The van der Waals surface area contributed by atoms with Crippen molar-refractivity contribution in [2.45, 2.75) is 63.5 Å². The van der Waals surface area contributed by atoms with Crippen molar-refractivity contribution in [2.75, 3.05) is 13.7 Å². The maximum atomic E-state index is 13.6. The van der Waals surface area contributed by atoms with Crippen molar-refractivity contribution in [1.29, 1.82) is 5.26 Å². The van der Waals surface area contributed by atoms with Gasteiger partial charge in [-0.05, 0) is 49.8 Å². The Bertz CT molecular complexity index is 1090. The van der Waals surface area contributed by atoms with Gasteiger partial charge >= 0.3 is 0 Å². The molecule has 2 saturated carbocycles. The van der Waals surface area contributed by atoms with Gasteiger partial charge < -0.3 is 19.9 Å². The van der Waals surface area contributed by atoms with Gasteiger partial charge in [0.25, 0.3) is 0 Å². The smallest absolute Gasteiger partial charge is 0.226 e. The number of carbonyl (C=O) groups is 2. The van der Waals surface area contributed by atoms with Gasteiger partial charge in [0.1, 0.15) is 11.3 Å². The summed E-state index contributed by atoms with van der Waals surface area (Å²) in [7, 11) is 1.66. The van der Waals surface area contributed by atoms with Gasteiger partial charge in [-0.1, -0.05) is 12.8 Å². The first-order valence-corrected chi connectivity index (χ1v) is 11.7. The van der Waals surface area contributed by atoms with E-state index >= 15 is 0 Å². The van der Waals surface area contributed by atoms with Crippen LogP contribution in [0.25, 0.3) is 10.9 Å². The third kappa shape index (κ3) is 3.83. The third-order valence-corrected chi connectivity index (χ3v) is 7.51. The summed E-state index contributed by atoms with van der Waals surface area (Å²) < 4.78 is 5.40. The molecular weight excluding hydrogens is 404 g/mol. The Labute approximate surface area is 188 Å². The number of fused-ring (bicyclic) bond motifs is 3. The largest absolute Gasteiger partial charge is 0.497 e. The molecule has 0 unspecified atom stereocenters. The van der Waals surface area contributed by atoms with Gasteiger partial charge in [-0.3, -0.25) is 9.59 Å². The Balaban J connectivity index is 1.31. The molecule has 1 aliphatic heterocycles. The number of nitriles is 1. The van der Waals surface area contributed by atoms with Gasteiger partial charge in [-0.2, -0.15) is 5.26 Å². The Hall–Kier alpha value is -3.01. The molecule has 5 rings (SSSR count). The average Bonchev–Trinajstić information content (AvgIpc) is 3.49. The third-order valence-electron chi connectivity index (χ3n) is 7.51. The maximum Gasteiger partial charge on any atom is 0.226 e. The van der Waals surface area contributed by atoms with Gasteiger partial charge in [0.15, 0.2) is 0 Å². The van der Waals surface area contributed by atoms with E-state index in [0.717, 1.165) is 61.6 Å². The summed E-state index contributed by atoms with van der Waals surface area (Å²) in [6, 6.07) is 8.23. The van der Waals surface area contributed by atoms with Crippen LogP contribution in [0.4, 0.5) is 0 Å². The van der Waals surface area contributed by atoms with E-state index in [1.165, 1.54) is 11.3 Å². The lowest BCUT2D eigenvalue weighted by atomic mass is 9.76. The van der Waals surface area contributed by atoms with Crippen LogP contribution in [0.5, 0.6) is 5.75 Å². The summed E-state index contributed by atoms with van der Waals surface area (Å²) in [4.78, 5) is 31.7. The molecule has 2 N–H and O–H groups in total. The first-order chi connectivity index (χ1) is 15.5. The minimum Gasteiger partial charge on any atom is -0.497 e. The normalized spacial score (nSPS) is 23.8. The minimum absolute atomic E-state index is 0.0511. The zero-order valence-electron chi connectivity index (χ0n) is 18.6. The monoisotopic (exact) mass is 434 g/mol. The molecule has 2 amide bonds. The van der Waals surface area contributed by atoms with Crippen molar-refractivity contribution in [1.82, 2.24) is 15.2 Å². The van der Waals surface area contributed by atoms with E-state index < -0.39 is 5.54 Å². The lowest BCUT2D eigenvalue weighted by Crippen LogP contribution is -2.44. The number of rotatable bonds is 5. The fourth-order valence-electron chi connectivity index (χ4n) is 5.47.